The van der Waals surface area contributed by atoms with Gasteiger partial charge in [0.05, 0.1) is 45.2 Å². The Balaban J connectivity index is 1.53. The van der Waals surface area contributed by atoms with Gasteiger partial charge in [-0.15, -0.1) is 0 Å². The van der Waals surface area contributed by atoms with Crippen LogP contribution >= 0.6 is 0 Å². The highest BCUT2D eigenvalue weighted by Crippen LogP contribution is 2.38. The van der Waals surface area contributed by atoms with Crippen LogP contribution in [0.4, 0.5) is 14.5 Å². The number of alkyl halides is 2. The summed E-state index contributed by atoms with van der Waals surface area (Å²) in [5.74, 6) is -3.68. The van der Waals surface area contributed by atoms with Gasteiger partial charge in [-0.2, -0.15) is 0 Å². The number of carbonyl (C=O) groups excluding carboxylic acids is 3. The van der Waals surface area contributed by atoms with Gasteiger partial charge in [-0.05, 0) is 30.9 Å². The first-order valence-electron chi connectivity index (χ1n) is 10.1. The predicted molar refractivity (Wildman–Crippen MR) is 104 cm³/mol. The molecule has 0 radical (unpaired) electrons. The number of nitrogens with zero attached hydrogens (tertiary/aromatic N) is 2. The van der Waals surface area contributed by atoms with Crippen molar-refractivity contribution in [3.05, 3.63) is 17.8 Å². The van der Waals surface area contributed by atoms with Crippen LogP contribution in [0.15, 0.2) is 12.1 Å². The van der Waals surface area contributed by atoms with Crippen LogP contribution in [0.3, 0.4) is 0 Å². The van der Waals surface area contributed by atoms with Crippen molar-refractivity contribution >= 4 is 23.5 Å². The smallest absolute Gasteiger partial charge is 0.307 e. The Morgan fingerprint density at radius 1 is 1.32 bits per heavy atom. The molecule has 1 unspecified atom stereocenters. The van der Waals surface area contributed by atoms with Crippen LogP contribution in [0.5, 0.6) is 5.88 Å². The minimum absolute atomic E-state index is 0.00502. The van der Waals surface area contributed by atoms with Crippen molar-refractivity contribution in [3.8, 4) is 5.88 Å². The average molecular weight is 438 g/mol. The Labute approximate surface area is 177 Å². The van der Waals surface area contributed by atoms with E-state index in [1.165, 1.54) is 24.1 Å². The first kappa shape index (κ1) is 21.3. The number of aromatic nitrogens is 1. The first-order chi connectivity index (χ1) is 14.7. The van der Waals surface area contributed by atoms with Crippen molar-refractivity contribution in [2.75, 3.05) is 38.3 Å². The molecule has 0 spiro atoms. The summed E-state index contributed by atoms with van der Waals surface area (Å²) in [5.41, 5.74) is -0.716. The lowest BCUT2D eigenvalue weighted by Crippen LogP contribution is -2.56. The van der Waals surface area contributed by atoms with E-state index in [4.69, 9.17) is 4.74 Å². The standard InChI is InChI=1S/C20H24F2N4O5/c1-30-16(28)7-19(6-15(27)23-9-19)25-17(29)13-4-5-14(26-10-20(21,22)11-26)18(24-13)31-8-12-2-3-12/h4-5,12H,2-3,6-11H2,1H3,(H,23,27)(H,25,29). The van der Waals surface area contributed by atoms with E-state index in [2.05, 4.69) is 20.4 Å². The molecule has 2 N–H and O–H groups in total. The van der Waals surface area contributed by atoms with Gasteiger partial charge in [-0.25, -0.2) is 13.8 Å². The molecule has 3 heterocycles. The summed E-state index contributed by atoms with van der Waals surface area (Å²) in [6.45, 7) is -0.384. The number of hydrogen-bond donors (Lipinski definition) is 2. The van der Waals surface area contributed by atoms with Crippen LogP contribution in [-0.2, 0) is 14.3 Å². The Hall–Kier alpha value is -2.98. The summed E-state index contributed by atoms with van der Waals surface area (Å²) in [6, 6.07) is 2.95. The molecule has 11 heteroatoms. The van der Waals surface area contributed by atoms with Crippen molar-refractivity contribution in [2.24, 2.45) is 5.92 Å². The molecule has 3 fully saturated rings. The number of pyridine rings is 1. The SMILES string of the molecule is COC(=O)CC1(NC(=O)c2ccc(N3CC(F)(F)C3)c(OCC3CC3)n2)CNC(=O)C1. The van der Waals surface area contributed by atoms with E-state index in [-0.39, 0.29) is 36.9 Å². The Bertz CT molecular complexity index is 900. The normalized spacial score (nSPS) is 24.2. The molecule has 2 amide bonds. The molecular formula is C20H24F2N4O5. The van der Waals surface area contributed by atoms with Crippen molar-refractivity contribution in [3.63, 3.8) is 0 Å². The monoisotopic (exact) mass is 438 g/mol. The number of carbonyl (C=O) groups is 3. The van der Waals surface area contributed by atoms with Gasteiger partial charge in [0.25, 0.3) is 11.8 Å². The van der Waals surface area contributed by atoms with Crippen molar-refractivity contribution in [1.82, 2.24) is 15.6 Å². The van der Waals surface area contributed by atoms with Crippen molar-refractivity contribution in [1.29, 1.82) is 0 Å². The molecule has 3 aliphatic rings. The minimum Gasteiger partial charge on any atom is -0.476 e. The maximum absolute atomic E-state index is 13.3. The van der Waals surface area contributed by atoms with Crippen LogP contribution in [-0.4, -0.2) is 67.6 Å². The van der Waals surface area contributed by atoms with E-state index in [0.29, 0.717) is 18.2 Å². The maximum Gasteiger partial charge on any atom is 0.307 e. The van der Waals surface area contributed by atoms with E-state index >= 15 is 0 Å². The largest absolute Gasteiger partial charge is 0.476 e. The van der Waals surface area contributed by atoms with Gasteiger partial charge in [0.2, 0.25) is 11.8 Å². The zero-order valence-corrected chi connectivity index (χ0v) is 17.1. The lowest BCUT2D eigenvalue weighted by Gasteiger charge is -2.40. The molecule has 0 bridgehead atoms. The molecule has 2 saturated heterocycles. The van der Waals surface area contributed by atoms with E-state index < -0.39 is 36.4 Å². The number of amides is 2. The number of halogens is 2. The van der Waals surface area contributed by atoms with Gasteiger partial charge in [-0.3, -0.25) is 14.4 Å². The molecule has 1 aliphatic carbocycles. The summed E-state index contributed by atoms with van der Waals surface area (Å²) in [7, 11) is 1.23. The van der Waals surface area contributed by atoms with Gasteiger partial charge < -0.3 is 25.0 Å². The van der Waals surface area contributed by atoms with Crippen LogP contribution in [0.2, 0.25) is 0 Å². The second kappa shape index (κ2) is 7.93. The lowest BCUT2D eigenvalue weighted by molar-refractivity contribution is -0.142. The van der Waals surface area contributed by atoms with Crippen LogP contribution in [0, 0.1) is 5.92 Å². The highest BCUT2D eigenvalue weighted by Gasteiger charge is 2.46. The third kappa shape index (κ3) is 4.86. The zero-order valence-electron chi connectivity index (χ0n) is 17.1. The summed E-state index contributed by atoms with van der Waals surface area (Å²) in [4.78, 5) is 42.2. The average Bonchev–Trinajstić information content (AvgIpc) is 3.46. The third-order valence-corrected chi connectivity index (χ3v) is 5.62. The summed E-state index contributed by atoms with van der Waals surface area (Å²) >= 11 is 0. The fraction of sp³-hybridized carbons (Fsp3) is 0.600. The molecule has 168 valence electrons. The second-order valence-corrected chi connectivity index (χ2v) is 8.43. The summed E-state index contributed by atoms with van der Waals surface area (Å²) < 4.78 is 37.1. The zero-order chi connectivity index (χ0) is 22.2. The van der Waals surface area contributed by atoms with Gasteiger partial charge in [-0.1, -0.05) is 0 Å². The number of esters is 1. The Morgan fingerprint density at radius 3 is 2.65 bits per heavy atom. The van der Waals surface area contributed by atoms with Crippen molar-refractivity contribution in [2.45, 2.75) is 37.1 Å². The molecule has 4 rings (SSSR count). The van der Waals surface area contributed by atoms with Gasteiger partial charge in [0.15, 0.2) is 0 Å². The predicted octanol–water partition coefficient (Wildman–Crippen LogP) is 0.877. The molecule has 1 atom stereocenters. The molecule has 1 aromatic heterocycles. The molecular weight excluding hydrogens is 414 g/mol. The van der Waals surface area contributed by atoms with Crippen molar-refractivity contribution < 1.29 is 32.6 Å². The van der Waals surface area contributed by atoms with E-state index in [0.717, 1.165) is 12.8 Å². The molecule has 9 nitrogen and oxygen atoms in total. The second-order valence-electron chi connectivity index (χ2n) is 8.43. The Morgan fingerprint density at radius 2 is 2.06 bits per heavy atom. The van der Waals surface area contributed by atoms with E-state index in [1.807, 2.05) is 0 Å². The quantitative estimate of drug-likeness (QED) is 0.580. The number of hydrogen-bond acceptors (Lipinski definition) is 7. The minimum atomic E-state index is -2.76. The number of anilines is 1. The molecule has 1 saturated carbocycles. The maximum atomic E-state index is 13.3. The fourth-order valence-electron chi connectivity index (χ4n) is 3.68. The molecule has 0 aromatic carbocycles. The van der Waals surface area contributed by atoms with Gasteiger partial charge in [0.1, 0.15) is 11.4 Å². The molecule has 31 heavy (non-hydrogen) atoms. The summed E-state index contributed by atoms with van der Waals surface area (Å²) in [6.07, 6.45) is 1.82. The van der Waals surface area contributed by atoms with Gasteiger partial charge >= 0.3 is 5.97 Å². The lowest BCUT2D eigenvalue weighted by atomic mass is 9.93. The van der Waals surface area contributed by atoms with Crippen LogP contribution < -0.4 is 20.3 Å². The highest BCUT2D eigenvalue weighted by molar-refractivity contribution is 5.95. The molecule has 2 aliphatic heterocycles. The number of ether oxygens (including phenoxy) is 2. The first-order valence-corrected chi connectivity index (χ1v) is 10.1. The number of rotatable bonds is 8. The van der Waals surface area contributed by atoms with E-state index in [1.54, 1.807) is 0 Å². The van der Waals surface area contributed by atoms with E-state index in [9.17, 15) is 23.2 Å². The summed E-state index contributed by atoms with van der Waals surface area (Å²) in [5, 5.41) is 5.33. The number of methoxy groups -OCH3 is 1. The van der Waals surface area contributed by atoms with Crippen LogP contribution in [0.25, 0.3) is 0 Å². The molecule has 1 aromatic rings. The van der Waals surface area contributed by atoms with Gasteiger partial charge in [0, 0.05) is 6.54 Å². The van der Waals surface area contributed by atoms with Crippen LogP contribution in [0.1, 0.15) is 36.2 Å². The highest BCUT2D eigenvalue weighted by atomic mass is 19.3. The third-order valence-electron chi connectivity index (χ3n) is 5.62. The number of nitrogens with one attached hydrogen (secondary N) is 2. The Kier molecular flexibility index (Phi) is 5.44. The fourth-order valence-corrected chi connectivity index (χ4v) is 3.68. The topological polar surface area (TPSA) is 110 Å².